The summed E-state index contributed by atoms with van der Waals surface area (Å²) in [5.74, 6) is 1.57. The topological polar surface area (TPSA) is 36.9 Å². The molecule has 6 heteroatoms. The summed E-state index contributed by atoms with van der Waals surface area (Å²) in [6, 6.07) is 5.92. The Bertz CT molecular complexity index is 619. The van der Waals surface area contributed by atoms with E-state index in [1.54, 1.807) is 7.11 Å². The molecule has 140 valence electrons. The lowest BCUT2D eigenvalue weighted by molar-refractivity contribution is 0.00578. The molecular weight excluding hydrogens is 331 g/mol. The van der Waals surface area contributed by atoms with Crippen LogP contribution in [0.2, 0.25) is 18.1 Å². The fraction of sp³-hybridized carbons (Fsp3) is 0.684. The van der Waals surface area contributed by atoms with Crippen LogP contribution in [-0.2, 0) is 9.31 Å². The SMILES string of the molecule is COc1cc(O[Si](C)(C)C(C)(C)C)ccc1B1OC(C)(C)C(C)(C)O1. The molecule has 1 aromatic carbocycles. The molecule has 4 nitrogen and oxygen atoms in total. The molecule has 1 aromatic rings. The predicted octanol–water partition coefficient (Wildman–Crippen LogP) is 4.38. The molecule has 0 saturated carbocycles. The highest BCUT2D eigenvalue weighted by Crippen LogP contribution is 2.39. The van der Waals surface area contributed by atoms with E-state index in [1.165, 1.54) is 0 Å². The van der Waals surface area contributed by atoms with Gasteiger partial charge in [0.1, 0.15) is 11.5 Å². The predicted molar refractivity (Wildman–Crippen MR) is 107 cm³/mol. The van der Waals surface area contributed by atoms with E-state index in [1.807, 2.05) is 18.2 Å². The number of hydrogen-bond donors (Lipinski definition) is 0. The molecule has 0 spiro atoms. The Hall–Kier alpha value is -0.978. The second-order valence-electron chi connectivity index (χ2n) is 9.35. The summed E-state index contributed by atoms with van der Waals surface area (Å²) in [4.78, 5) is 0. The van der Waals surface area contributed by atoms with E-state index in [2.05, 4.69) is 61.6 Å². The lowest BCUT2D eigenvalue weighted by Gasteiger charge is -2.36. The van der Waals surface area contributed by atoms with Gasteiger partial charge in [-0.1, -0.05) is 26.8 Å². The van der Waals surface area contributed by atoms with E-state index in [-0.39, 0.29) is 16.2 Å². The van der Waals surface area contributed by atoms with Crippen LogP contribution >= 0.6 is 0 Å². The van der Waals surface area contributed by atoms with Crippen molar-refractivity contribution in [3.8, 4) is 11.5 Å². The fourth-order valence-electron chi connectivity index (χ4n) is 2.37. The summed E-state index contributed by atoms with van der Waals surface area (Å²) >= 11 is 0. The molecule has 1 aliphatic rings. The third-order valence-electron chi connectivity index (χ3n) is 5.89. The van der Waals surface area contributed by atoms with Gasteiger partial charge < -0.3 is 18.5 Å². The fourth-order valence-corrected chi connectivity index (χ4v) is 3.39. The Morgan fingerprint density at radius 1 is 1.00 bits per heavy atom. The average Bonchev–Trinajstić information content (AvgIpc) is 2.65. The van der Waals surface area contributed by atoms with Crippen LogP contribution in [0.3, 0.4) is 0 Å². The molecule has 0 amide bonds. The molecule has 0 aliphatic carbocycles. The molecule has 0 aromatic heterocycles. The average molecular weight is 364 g/mol. The summed E-state index contributed by atoms with van der Waals surface area (Å²) in [7, 11) is -0.670. The zero-order valence-corrected chi connectivity index (χ0v) is 18.4. The molecule has 0 N–H and O–H groups in total. The maximum absolute atomic E-state index is 6.39. The highest BCUT2D eigenvalue weighted by atomic mass is 28.4. The van der Waals surface area contributed by atoms with Crippen molar-refractivity contribution < 1.29 is 18.5 Å². The molecule has 0 radical (unpaired) electrons. The van der Waals surface area contributed by atoms with Crippen molar-refractivity contribution in [3.63, 3.8) is 0 Å². The number of benzene rings is 1. The van der Waals surface area contributed by atoms with Crippen molar-refractivity contribution in [2.45, 2.75) is 77.8 Å². The van der Waals surface area contributed by atoms with Gasteiger partial charge in [-0.05, 0) is 51.9 Å². The molecule has 0 unspecified atom stereocenters. The summed E-state index contributed by atoms with van der Waals surface area (Å²) in [6.07, 6.45) is 0. The molecule has 1 heterocycles. The molecule has 0 atom stereocenters. The van der Waals surface area contributed by atoms with Gasteiger partial charge in [0.2, 0.25) is 8.32 Å². The van der Waals surface area contributed by atoms with Gasteiger partial charge in [-0.15, -0.1) is 0 Å². The standard InChI is InChI=1S/C19H33BO4Si/c1-17(2,3)25(9,10)22-14-11-12-15(16(13-14)21-8)20-23-18(4,5)19(6,7)24-20/h11-13H,1-10H3. The molecule has 0 bridgehead atoms. The normalized spacial score (nSPS) is 19.8. The Morgan fingerprint density at radius 2 is 1.52 bits per heavy atom. The van der Waals surface area contributed by atoms with E-state index >= 15 is 0 Å². The monoisotopic (exact) mass is 364 g/mol. The Labute approximate surface area is 154 Å². The van der Waals surface area contributed by atoms with Crippen molar-refractivity contribution in [1.82, 2.24) is 0 Å². The second kappa shape index (κ2) is 6.32. The van der Waals surface area contributed by atoms with E-state index in [0.717, 1.165) is 17.0 Å². The maximum Gasteiger partial charge on any atom is 0.498 e. The number of ether oxygens (including phenoxy) is 1. The third kappa shape index (κ3) is 3.91. The van der Waals surface area contributed by atoms with Crippen LogP contribution in [0.15, 0.2) is 18.2 Å². The van der Waals surface area contributed by atoms with Crippen LogP contribution in [0.5, 0.6) is 11.5 Å². The first-order valence-corrected chi connectivity index (χ1v) is 11.8. The van der Waals surface area contributed by atoms with Gasteiger partial charge in [0, 0.05) is 11.5 Å². The third-order valence-corrected chi connectivity index (χ3v) is 10.2. The van der Waals surface area contributed by atoms with Gasteiger partial charge in [-0.2, -0.15) is 0 Å². The summed E-state index contributed by atoms with van der Waals surface area (Å²) < 4.78 is 24.3. The van der Waals surface area contributed by atoms with Crippen molar-refractivity contribution in [1.29, 1.82) is 0 Å². The molecule has 1 fully saturated rings. The van der Waals surface area contributed by atoms with Crippen LogP contribution in [0.1, 0.15) is 48.5 Å². The van der Waals surface area contributed by atoms with E-state index in [9.17, 15) is 0 Å². The smallest absolute Gasteiger partial charge is 0.498 e. The van der Waals surface area contributed by atoms with E-state index in [0.29, 0.717) is 0 Å². The van der Waals surface area contributed by atoms with Crippen LogP contribution in [0.25, 0.3) is 0 Å². The van der Waals surface area contributed by atoms with Gasteiger partial charge >= 0.3 is 7.12 Å². The Balaban J connectivity index is 2.30. The number of rotatable bonds is 4. The van der Waals surface area contributed by atoms with E-state index < -0.39 is 15.4 Å². The van der Waals surface area contributed by atoms with Gasteiger partial charge in [0.25, 0.3) is 0 Å². The minimum Gasteiger partial charge on any atom is -0.543 e. The summed E-state index contributed by atoms with van der Waals surface area (Å²) in [5, 5.41) is 0.143. The molecular formula is C19H33BO4Si. The molecule has 2 rings (SSSR count). The van der Waals surface area contributed by atoms with Crippen LogP contribution in [-0.4, -0.2) is 33.7 Å². The van der Waals surface area contributed by atoms with Crippen LogP contribution < -0.4 is 14.6 Å². The van der Waals surface area contributed by atoms with Crippen LogP contribution in [0, 0.1) is 0 Å². The molecule has 25 heavy (non-hydrogen) atoms. The molecule has 1 aliphatic heterocycles. The first kappa shape index (κ1) is 20.3. The van der Waals surface area contributed by atoms with E-state index in [4.69, 9.17) is 18.5 Å². The Morgan fingerprint density at radius 3 is 1.96 bits per heavy atom. The maximum atomic E-state index is 6.39. The lowest BCUT2D eigenvalue weighted by atomic mass is 9.78. The van der Waals surface area contributed by atoms with Crippen LogP contribution in [0.4, 0.5) is 0 Å². The minimum absolute atomic E-state index is 0.143. The zero-order chi connectivity index (χ0) is 19.3. The van der Waals surface area contributed by atoms with Crippen molar-refractivity contribution >= 4 is 20.9 Å². The second-order valence-corrected chi connectivity index (χ2v) is 14.1. The van der Waals surface area contributed by atoms with Crippen molar-refractivity contribution in [3.05, 3.63) is 18.2 Å². The van der Waals surface area contributed by atoms with Gasteiger partial charge in [-0.25, -0.2) is 0 Å². The number of hydrogen-bond acceptors (Lipinski definition) is 4. The highest BCUT2D eigenvalue weighted by Gasteiger charge is 2.52. The molecule has 1 saturated heterocycles. The largest absolute Gasteiger partial charge is 0.543 e. The summed E-state index contributed by atoms with van der Waals surface area (Å²) in [5.41, 5.74) is 0.140. The minimum atomic E-state index is -1.89. The van der Waals surface area contributed by atoms with Gasteiger partial charge in [0.15, 0.2) is 0 Å². The first-order chi connectivity index (χ1) is 11.2. The Kier molecular flexibility index (Phi) is 5.14. The first-order valence-electron chi connectivity index (χ1n) is 8.93. The quantitative estimate of drug-likeness (QED) is 0.743. The number of methoxy groups -OCH3 is 1. The summed E-state index contributed by atoms with van der Waals surface area (Å²) in [6.45, 7) is 19.4. The van der Waals surface area contributed by atoms with Crippen molar-refractivity contribution in [2.75, 3.05) is 7.11 Å². The van der Waals surface area contributed by atoms with Crippen molar-refractivity contribution in [2.24, 2.45) is 0 Å². The van der Waals surface area contributed by atoms with Gasteiger partial charge in [-0.3, -0.25) is 0 Å². The zero-order valence-electron chi connectivity index (χ0n) is 17.4. The van der Waals surface area contributed by atoms with Gasteiger partial charge in [0.05, 0.1) is 18.3 Å². The highest BCUT2D eigenvalue weighted by molar-refractivity contribution is 6.74. The lowest BCUT2D eigenvalue weighted by Crippen LogP contribution is -2.44.